The molecule has 4 heteroatoms. The van der Waals surface area contributed by atoms with E-state index in [0.29, 0.717) is 18.1 Å². The monoisotopic (exact) mass is 343 g/mol. The second-order valence-corrected chi connectivity index (χ2v) is 7.49. The zero-order valence-corrected chi connectivity index (χ0v) is 13.6. The first-order valence-corrected chi connectivity index (χ1v) is 8.00. The van der Waals surface area contributed by atoms with Crippen molar-refractivity contribution in [2.75, 3.05) is 11.9 Å². The third kappa shape index (κ3) is 2.30. The molecule has 1 aliphatic heterocycles. The third-order valence-electron chi connectivity index (χ3n) is 4.57. The molecule has 1 aromatic rings. The number of fused-ring (bicyclic) bond motifs is 1. The van der Waals surface area contributed by atoms with E-state index >= 15 is 0 Å². The van der Waals surface area contributed by atoms with E-state index in [0.717, 1.165) is 21.8 Å². The molecule has 3 unspecified atom stereocenters. The first-order chi connectivity index (χ1) is 9.00. The number of ether oxygens (including phenoxy) is 1. The fourth-order valence-corrected chi connectivity index (χ4v) is 4.32. The summed E-state index contributed by atoms with van der Waals surface area (Å²) < 4.78 is 6.94. The van der Waals surface area contributed by atoms with Gasteiger partial charge in [-0.2, -0.15) is 0 Å². The van der Waals surface area contributed by atoms with E-state index in [1.807, 2.05) is 18.2 Å². The molecular weight excluding hydrogens is 326 g/mol. The minimum Gasteiger partial charge on any atom is -0.380 e. The van der Waals surface area contributed by atoms with Gasteiger partial charge in [-0.05, 0) is 31.0 Å². The fraction of sp³-hybridized carbons (Fsp3) is 0.600. The van der Waals surface area contributed by atoms with E-state index in [1.165, 1.54) is 12.8 Å². The normalized spacial score (nSPS) is 32.3. The van der Waals surface area contributed by atoms with E-state index < -0.39 is 0 Å². The first-order valence-electron chi connectivity index (χ1n) is 6.83. The van der Waals surface area contributed by atoms with E-state index in [9.17, 15) is 0 Å². The van der Waals surface area contributed by atoms with Crippen molar-refractivity contribution >= 4 is 33.2 Å². The molecule has 19 heavy (non-hydrogen) atoms. The number of halogens is 2. The Bertz CT molecular complexity index is 491. The molecule has 3 atom stereocenters. The summed E-state index contributed by atoms with van der Waals surface area (Å²) in [5.74, 6) is 0.614. The van der Waals surface area contributed by atoms with E-state index in [2.05, 4.69) is 35.1 Å². The van der Waals surface area contributed by atoms with Gasteiger partial charge in [-0.1, -0.05) is 41.4 Å². The standard InChI is InChI=1S/C15H19BrClNO/c1-15(2)13(10-4-3-7-19-14(10)15)18-12-6-5-9(16)8-11(12)17/h5-6,8,10,13-14,18H,3-4,7H2,1-2H3. The molecule has 1 heterocycles. The highest BCUT2D eigenvalue weighted by molar-refractivity contribution is 9.10. The molecule has 1 saturated carbocycles. The highest BCUT2D eigenvalue weighted by atomic mass is 79.9. The Hall–Kier alpha value is -0.250. The Morgan fingerprint density at radius 3 is 2.95 bits per heavy atom. The zero-order valence-electron chi connectivity index (χ0n) is 11.2. The quantitative estimate of drug-likeness (QED) is 0.838. The molecule has 0 amide bonds. The summed E-state index contributed by atoms with van der Waals surface area (Å²) >= 11 is 9.74. The molecule has 1 N–H and O–H groups in total. The molecule has 3 rings (SSSR count). The summed E-state index contributed by atoms with van der Waals surface area (Å²) in [5, 5.41) is 4.40. The lowest BCUT2D eigenvalue weighted by Crippen LogP contribution is -2.67. The van der Waals surface area contributed by atoms with Crippen LogP contribution in [0.5, 0.6) is 0 Å². The van der Waals surface area contributed by atoms with Gasteiger partial charge >= 0.3 is 0 Å². The van der Waals surface area contributed by atoms with Crippen molar-refractivity contribution < 1.29 is 4.74 Å². The summed E-state index contributed by atoms with van der Waals surface area (Å²) in [5.41, 5.74) is 1.19. The molecule has 2 nitrogen and oxygen atoms in total. The molecule has 2 aliphatic rings. The maximum atomic E-state index is 6.30. The van der Waals surface area contributed by atoms with Gasteiger partial charge in [0, 0.05) is 28.5 Å². The van der Waals surface area contributed by atoms with E-state index in [1.54, 1.807) is 0 Å². The van der Waals surface area contributed by atoms with E-state index in [-0.39, 0.29) is 5.41 Å². The van der Waals surface area contributed by atoms with Crippen molar-refractivity contribution in [3.05, 3.63) is 27.7 Å². The molecule has 104 valence electrons. The van der Waals surface area contributed by atoms with Crippen LogP contribution in [0, 0.1) is 11.3 Å². The lowest BCUT2D eigenvalue weighted by Gasteiger charge is -2.60. The van der Waals surface area contributed by atoms with Crippen LogP contribution in [0.2, 0.25) is 5.02 Å². The van der Waals surface area contributed by atoms with Gasteiger partial charge < -0.3 is 10.1 Å². The topological polar surface area (TPSA) is 21.3 Å². The van der Waals surface area contributed by atoms with Gasteiger partial charge in [-0.25, -0.2) is 0 Å². The van der Waals surface area contributed by atoms with Crippen LogP contribution in [0.4, 0.5) is 5.69 Å². The van der Waals surface area contributed by atoms with Crippen LogP contribution >= 0.6 is 27.5 Å². The Balaban J connectivity index is 1.79. The minimum atomic E-state index is 0.168. The predicted octanol–water partition coefficient (Wildman–Crippen LogP) is 4.72. The lowest BCUT2D eigenvalue weighted by atomic mass is 9.55. The van der Waals surface area contributed by atoms with Crippen molar-refractivity contribution in [2.45, 2.75) is 38.8 Å². The van der Waals surface area contributed by atoms with Gasteiger partial charge in [0.1, 0.15) is 0 Å². The highest BCUT2D eigenvalue weighted by Crippen LogP contribution is 2.52. The van der Waals surface area contributed by atoms with Crippen LogP contribution < -0.4 is 5.32 Å². The molecule has 1 aromatic carbocycles. The van der Waals surface area contributed by atoms with Crippen LogP contribution in [0.3, 0.4) is 0 Å². The second-order valence-electron chi connectivity index (χ2n) is 6.17. The number of hydrogen-bond acceptors (Lipinski definition) is 2. The number of nitrogens with one attached hydrogen (secondary N) is 1. The average molecular weight is 345 g/mol. The molecule has 0 bridgehead atoms. The molecule has 0 aromatic heterocycles. The molecule has 1 saturated heterocycles. The van der Waals surface area contributed by atoms with Gasteiger partial charge in [-0.3, -0.25) is 0 Å². The van der Waals surface area contributed by atoms with E-state index in [4.69, 9.17) is 16.3 Å². The summed E-state index contributed by atoms with van der Waals surface area (Å²) in [6.45, 7) is 5.48. The number of rotatable bonds is 2. The Morgan fingerprint density at radius 2 is 2.21 bits per heavy atom. The smallest absolute Gasteiger partial charge is 0.0693 e. The van der Waals surface area contributed by atoms with Gasteiger partial charge in [0.25, 0.3) is 0 Å². The number of anilines is 1. The summed E-state index contributed by atoms with van der Waals surface area (Å²) in [6.07, 6.45) is 2.82. The highest BCUT2D eigenvalue weighted by Gasteiger charge is 2.57. The lowest BCUT2D eigenvalue weighted by molar-refractivity contribution is -0.177. The number of hydrogen-bond donors (Lipinski definition) is 1. The van der Waals surface area contributed by atoms with Crippen LogP contribution in [0.25, 0.3) is 0 Å². The zero-order chi connectivity index (χ0) is 13.6. The van der Waals surface area contributed by atoms with Gasteiger partial charge in [0.05, 0.1) is 16.8 Å². The van der Waals surface area contributed by atoms with Gasteiger partial charge in [0.2, 0.25) is 0 Å². The number of benzene rings is 1. The Labute approximate surface area is 128 Å². The Kier molecular flexibility index (Phi) is 3.57. The molecule has 2 fully saturated rings. The maximum Gasteiger partial charge on any atom is 0.0693 e. The largest absolute Gasteiger partial charge is 0.380 e. The van der Waals surface area contributed by atoms with Crippen molar-refractivity contribution in [2.24, 2.45) is 11.3 Å². The third-order valence-corrected chi connectivity index (χ3v) is 5.38. The summed E-state index contributed by atoms with van der Waals surface area (Å²) in [6, 6.07) is 6.44. The molecular formula is C15H19BrClNO. The van der Waals surface area contributed by atoms with Crippen LogP contribution in [-0.2, 0) is 4.74 Å². The average Bonchev–Trinajstić information content (AvgIpc) is 2.37. The molecule has 0 radical (unpaired) electrons. The van der Waals surface area contributed by atoms with Crippen molar-refractivity contribution in [1.82, 2.24) is 0 Å². The fourth-order valence-electron chi connectivity index (χ4n) is 3.59. The van der Waals surface area contributed by atoms with Crippen molar-refractivity contribution in [3.63, 3.8) is 0 Å². The Morgan fingerprint density at radius 1 is 1.42 bits per heavy atom. The first kappa shape index (κ1) is 13.7. The van der Waals surface area contributed by atoms with Crippen LogP contribution in [0.1, 0.15) is 26.7 Å². The maximum absolute atomic E-state index is 6.30. The van der Waals surface area contributed by atoms with Gasteiger partial charge in [-0.15, -0.1) is 0 Å². The van der Waals surface area contributed by atoms with Crippen molar-refractivity contribution in [1.29, 1.82) is 0 Å². The molecule has 0 spiro atoms. The van der Waals surface area contributed by atoms with Gasteiger partial charge in [0.15, 0.2) is 0 Å². The van der Waals surface area contributed by atoms with Crippen molar-refractivity contribution in [3.8, 4) is 0 Å². The minimum absolute atomic E-state index is 0.168. The van der Waals surface area contributed by atoms with Crippen LogP contribution in [-0.4, -0.2) is 18.8 Å². The summed E-state index contributed by atoms with van der Waals surface area (Å²) in [7, 11) is 0. The second kappa shape index (κ2) is 4.94. The predicted molar refractivity (Wildman–Crippen MR) is 82.8 cm³/mol. The van der Waals surface area contributed by atoms with Crippen LogP contribution in [0.15, 0.2) is 22.7 Å². The SMILES string of the molecule is CC1(C)C(Nc2ccc(Br)cc2Cl)C2CCCOC21. The summed E-state index contributed by atoms with van der Waals surface area (Å²) in [4.78, 5) is 0. The molecule has 1 aliphatic carbocycles.